The Morgan fingerprint density at radius 2 is 2.12 bits per heavy atom. The van der Waals surface area contributed by atoms with E-state index < -0.39 is 5.97 Å². The normalized spacial score (nSPS) is 22.5. The second kappa shape index (κ2) is 3.93. The zero-order valence-corrected chi connectivity index (χ0v) is 9.86. The van der Waals surface area contributed by atoms with Gasteiger partial charge in [0, 0.05) is 0 Å². The van der Waals surface area contributed by atoms with E-state index >= 15 is 0 Å². The van der Waals surface area contributed by atoms with E-state index in [2.05, 4.69) is 26.0 Å². The van der Waals surface area contributed by atoms with Gasteiger partial charge >= 0.3 is 5.97 Å². The number of benzene rings is 1. The summed E-state index contributed by atoms with van der Waals surface area (Å²) in [5.74, 6) is -0.519. The first-order chi connectivity index (χ1) is 7.48. The standard InChI is InChI=1S/C14H18O2/c1-14(2)8-10-5-3-4-6-12(10)11(9-14)7-13(15)16/h3-6,11H,7-9H2,1-2H3,(H,15,16). The second-order valence-electron chi connectivity index (χ2n) is 5.54. The largest absolute Gasteiger partial charge is 0.481 e. The highest BCUT2D eigenvalue weighted by Gasteiger charge is 2.32. The summed E-state index contributed by atoms with van der Waals surface area (Å²) in [4.78, 5) is 10.9. The third-order valence-electron chi connectivity index (χ3n) is 3.38. The van der Waals surface area contributed by atoms with E-state index in [0.29, 0.717) is 0 Å². The fourth-order valence-corrected chi connectivity index (χ4v) is 2.85. The van der Waals surface area contributed by atoms with Gasteiger partial charge in [0.05, 0.1) is 6.42 Å². The molecule has 0 saturated carbocycles. The zero-order valence-electron chi connectivity index (χ0n) is 9.86. The fraction of sp³-hybridized carbons (Fsp3) is 0.500. The number of fused-ring (bicyclic) bond motifs is 1. The molecule has 1 atom stereocenters. The first kappa shape index (κ1) is 11.2. The van der Waals surface area contributed by atoms with Crippen LogP contribution in [-0.4, -0.2) is 11.1 Å². The van der Waals surface area contributed by atoms with Crippen LogP contribution in [-0.2, 0) is 11.2 Å². The molecular weight excluding hydrogens is 200 g/mol. The van der Waals surface area contributed by atoms with Crippen LogP contribution in [0.3, 0.4) is 0 Å². The number of aliphatic carboxylic acids is 1. The summed E-state index contributed by atoms with van der Waals surface area (Å²) in [6, 6.07) is 8.26. The Kier molecular flexibility index (Phi) is 2.75. The molecule has 1 aromatic carbocycles. The highest BCUT2D eigenvalue weighted by molar-refractivity contribution is 5.68. The lowest BCUT2D eigenvalue weighted by Gasteiger charge is -2.36. The molecule has 1 aliphatic carbocycles. The van der Waals surface area contributed by atoms with Crippen molar-refractivity contribution < 1.29 is 9.90 Å². The van der Waals surface area contributed by atoms with Crippen molar-refractivity contribution in [1.82, 2.24) is 0 Å². The molecule has 0 fully saturated rings. The summed E-state index contributed by atoms with van der Waals surface area (Å²) in [6.07, 6.45) is 2.27. The van der Waals surface area contributed by atoms with E-state index in [1.807, 2.05) is 12.1 Å². The number of hydrogen-bond donors (Lipinski definition) is 1. The minimum absolute atomic E-state index is 0.178. The molecule has 0 spiro atoms. The average Bonchev–Trinajstić information content (AvgIpc) is 2.14. The van der Waals surface area contributed by atoms with Crippen molar-refractivity contribution in [3.05, 3.63) is 35.4 Å². The van der Waals surface area contributed by atoms with Crippen molar-refractivity contribution >= 4 is 5.97 Å². The maximum Gasteiger partial charge on any atom is 0.303 e. The Labute approximate surface area is 96.3 Å². The van der Waals surface area contributed by atoms with Gasteiger partial charge in [-0.15, -0.1) is 0 Å². The minimum atomic E-state index is -0.697. The Balaban J connectivity index is 2.35. The maximum absolute atomic E-state index is 10.9. The Morgan fingerprint density at radius 3 is 2.81 bits per heavy atom. The minimum Gasteiger partial charge on any atom is -0.481 e. The molecule has 0 aromatic heterocycles. The van der Waals surface area contributed by atoms with Crippen LogP contribution in [0.15, 0.2) is 24.3 Å². The van der Waals surface area contributed by atoms with Crippen LogP contribution in [0.1, 0.15) is 43.7 Å². The lowest BCUT2D eigenvalue weighted by Crippen LogP contribution is -2.26. The Hall–Kier alpha value is -1.31. The van der Waals surface area contributed by atoms with Gasteiger partial charge in [-0.25, -0.2) is 0 Å². The van der Waals surface area contributed by atoms with Gasteiger partial charge < -0.3 is 5.11 Å². The van der Waals surface area contributed by atoms with Crippen LogP contribution in [0.4, 0.5) is 0 Å². The fourth-order valence-electron chi connectivity index (χ4n) is 2.85. The van der Waals surface area contributed by atoms with Crippen LogP contribution >= 0.6 is 0 Å². The van der Waals surface area contributed by atoms with Crippen LogP contribution in [0.2, 0.25) is 0 Å². The predicted octanol–water partition coefficient (Wildman–Crippen LogP) is 3.22. The third kappa shape index (κ3) is 2.26. The van der Waals surface area contributed by atoms with Gasteiger partial charge in [0.1, 0.15) is 0 Å². The zero-order chi connectivity index (χ0) is 11.8. The molecule has 0 bridgehead atoms. The second-order valence-corrected chi connectivity index (χ2v) is 5.54. The van der Waals surface area contributed by atoms with E-state index in [1.54, 1.807) is 0 Å². The number of carboxylic acid groups (broad SMARTS) is 1. The quantitative estimate of drug-likeness (QED) is 0.827. The van der Waals surface area contributed by atoms with Crippen LogP contribution in [0, 0.1) is 5.41 Å². The molecule has 0 heterocycles. The van der Waals surface area contributed by atoms with Gasteiger partial charge in [-0.3, -0.25) is 4.79 Å². The number of carbonyl (C=O) groups is 1. The van der Waals surface area contributed by atoms with Crippen molar-refractivity contribution in [1.29, 1.82) is 0 Å². The van der Waals surface area contributed by atoms with Gasteiger partial charge in [0.2, 0.25) is 0 Å². The first-order valence-electron chi connectivity index (χ1n) is 5.77. The molecule has 0 aliphatic heterocycles. The van der Waals surface area contributed by atoms with Crippen molar-refractivity contribution in [2.75, 3.05) is 0 Å². The summed E-state index contributed by atoms with van der Waals surface area (Å²) >= 11 is 0. The molecule has 2 rings (SSSR count). The average molecular weight is 218 g/mol. The van der Waals surface area contributed by atoms with Gasteiger partial charge in [-0.1, -0.05) is 38.1 Å². The molecule has 1 aliphatic rings. The number of carboxylic acids is 1. The molecule has 1 unspecified atom stereocenters. The summed E-state index contributed by atoms with van der Waals surface area (Å²) < 4.78 is 0. The van der Waals surface area contributed by atoms with Crippen LogP contribution < -0.4 is 0 Å². The number of hydrogen-bond acceptors (Lipinski definition) is 1. The highest BCUT2D eigenvalue weighted by Crippen LogP contribution is 2.43. The van der Waals surface area contributed by atoms with Crippen molar-refractivity contribution in [3.8, 4) is 0 Å². The van der Waals surface area contributed by atoms with E-state index in [0.717, 1.165) is 12.8 Å². The molecule has 0 radical (unpaired) electrons. The number of rotatable bonds is 2. The lowest BCUT2D eigenvalue weighted by molar-refractivity contribution is -0.137. The lowest BCUT2D eigenvalue weighted by atomic mass is 9.68. The van der Waals surface area contributed by atoms with E-state index in [-0.39, 0.29) is 17.8 Å². The topological polar surface area (TPSA) is 37.3 Å². The summed E-state index contributed by atoms with van der Waals surface area (Å²) in [6.45, 7) is 4.44. The molecule has 86 valence electrons. The SMILES string of the molecule is CC1(C)Cc2ccccc2C(CC(=O)O)C1. The molecule has 0 saturated heterocycles. The third-order valence-corrected chi connectivity index (χ3v) is 3.38. The molecular formula is C14H18O2. The first-order valence-corrected chi connectivity index (χ1v) is 5.77. The monoisotopic (exact) mass is 218 g/mol. The highest BCUT2D eigenvalue weighted by atomic mass is 16.4. The van der Waals surface area contributed by atoms with Gasteiger partial charge in [0.15, 0.2) is 0 Å². The molecule has 0 amide bonds. The summed E-state index contributed by atoms with van der Waals surface area (Å²) in [7, 11) is 0. The van der Waals surface area contributed by atoms with E-state index in [4.69, 9.17) is 5.11 Å². The maximum atomic E-state index is 10.9. The molecule has 1 N–H and O–H groups in total. The Bertz CT molecular complexity index is 407. The molecule has 1 aromatic rings. The molecule has 2 heteroatoms. The van der Waals surface area contributed by atoms with Gasteiger partial charge in [-0.05, 0) is 35.3 Å². The molecule has 16 heavy (non-hydrogen) atoms. The Morgan fingerprint density at radius 1 is 1.44 bits per heavy atom. The smallest absolute Gasteiger partial charge is 0.303 e. The van der Waals surface area contributed by atoms with Gasteiger partial charge in [0.25, 0.3) is 0 Å². The van der Waals surface area contributed by atoms with Gasteiger partial charge in [-0.2, -0.15) is 0 Å². The molecule has 2 nitrogen and oxygen atoms in total. The summed E-state index contributed by atoms with van der Waals surface area (Å²) in [5, 5.41) is 8.96. The van der Waals surface area contributed by atoms with Crippen molar-refractivity contribution in [3.63, 3.8) is 0 Å². The van der Waals surface area contributed by atoms with E-state index in [9.17, 15) is 4.79 Å². The van der Waals surface area contributed by atoms with E-state index in [1.165, 1.54) is 11.1 Å². The van der Waals surface area contributed by atoms with Crippen molar-refractivity contribution in [2.24, 2.45) is 5.41 Å². The summed E-state index contributed by atoms with van der Waals surface area (Å²) in [5.41, 5.74) is 2.78. The van der Waals surface area contributed by atoms with Crippen LogP contribution in [0.5, 0.6) is 0 Å². The van der Waals surface area contributed by atoms with Crippen LogP contribution in [0.25, 0.3) is 0 Å². The van der Waals surface area contributed by atoms with Crippen molar-refractivity contribution in [2.45, 2.75) is 39.0 Å². The predicted molar refractivity (Wildman–Crippen MR) is 63.5 cm³/mol.